The van der Waals surface area contributed by atoms with Gasteiger partial charge in [0, 0.05) is 19.3 Å². The van der Waals surface area contributed by atoms with Gasteiger partial charge in [0.2, 0.25) is 0 Å². The highest BCUT2D eigenvalue weighted by atomic mass is 19.1. The topological polar surface area (TPSA) is 51.5 Å². The van der Waals surface area contributed by atoms with Crippen LogP contribution in [0.2, 0.25) is 0 Å². The maximum absolute atomic E-state index is 14.7. The number of halogens is 1. The number of carbonyl (C=O) groups excluding carboxylic acids is 1. The van der Waals surface area contributed by atoms with E-state index >= 15 is 0 Å². The van der Waals surface area contributed by atoms with E-state index in [-0.39, 0.29) is 23.1 Å². The molecule has 2 aromatic rings. The SMILES string of the molecule is CC(C)(C)OC(=O)N1CCCC(n2ccc3cc(C4CC4)cc(F)c3c2=O)C1. The van der Waals surface area contributed by atoms with Crippen molar-refractivity contribution in [2.45, 2.75) is 64.0 Å². The molecule has 1 saturated heterocycles. The van der Waals surface area contributed by atoms with Gasteiger partial charge in [0.05, 0.1) is 11.4 Å². The minimum Gasteiger partial charge on any atom is -0.444 e. The van der Waals surface area contributed by atoms with Gasteiger partial charge in [-0.3, -0.25) is 4.79 Å². The van der Waals surface area contributed by atoms with E-state index in [1.807, 2.05) is 32.9 Å². The number of aromatic nitrogens is 1. The Morgan fingerprint density at radius 2 is 1.96 bits per heavy atom. The van der Waals surface area contributed by atoms with Crippen molar-refractivity contribution < 1.29 is 13.9 Å². The summed E-state index contributed by atoms with van der Waals surface area (Å²) in [6, 6.07) is 5.09. The second-order valence-electron chi connectivity index (χ2n) is 8.99. The van der Waals surface area contributed by atoms with Gasteiger partial charge < -0.3 is 14.2 Å². The van der Waals surface area contributed by atoms with Gasteiger partial charge in [-0.2, -0.15) is 0 Å². The van der Waals surface area contributed by atoms with E-state index in [2.05, 4.69) is 0 Å². The number of carbonyl (C=O) groups is 1. The first-order valence-electron chi connectivity index (χ1n) is 10.0. The van der Waals surface area contributed by atoms with Gasteiger partial charge in [-0.15, -0.1) is 0 Å². The highest BCUT2D eigenvalue weighted by molar-refractivity contribution is 5.83. The molecule has 2 heterocycles. The molecule has 1 aliphatic heterocycles. The molecule has 4 rings (SSSR count). The fourth-order valence-corrected chi connectivity index (χ4v) is 3.98. The summed E-state index contributed by atoms with van der Waals surface area (Å²) in [5.41, 5.74) is 0.0935. The Labute approximate surface area is 164 Å². The van der Waals surface area contributed by atoms with Crippen LogP contribution in [0.25, 0.3) is 10.8 Å². The van der Waals surface area contributed by atoms with Crippen LogP contribution in [-0.4, -0.2) is 34.3 Å². The average Bonchev–Trinajstić information content (AvgIpc) is 3.45. The van der Waals surface area contributed by atoms with Crippen LogP contribution < -0.4 is 5.56 Å². The highest BCUT2D eigenvalue weighted by Crippen LogP contribution is 2.41. The van der Waals surface area contributed by atoms with Crippen molar-refractivity contribution in [2.75, 3.05) is 13.1 Å². The third kappa shape index (κ3) is 3.77. The van der Waals surface area contributed by atoms with Crippen LogP contribution in [0.5, 0.6) is 0 Å². The molecule has 1 amide bonds. The number of piperidine rings is 1. The maximum Gasteiger partial charge on any atom is 0.410 e. The summed E-state index contributed by atoms with van der Waals surface area (Å²) in [6.07, 6.45) is 5.09. The Bertz CT molecular complexity index is 972. The van der Waals surface area contributed by atoms with Crippen molar-refractivity contribution in [3.63, 3.8) is 0 Å². The predicted octanol–water partition coefficient (Wildman–Crippen LogP) is 4.59. The lowest BCUT2D eigenvalue weighted by molar-refractivity contribution is 0.0171. The molecule has 0 spiro atoms. The fraction of sp³-hybridized carbons (Fsp3) is 0.545. The minimum atomic E-state index is -0.563. The van der Waals surface area contributed by atoms with Crippen LogP contribution >= 0.6 is 0 Å². The first kappa shape index (κ1) is 19.0. The van der Waals surface area contributed by atoms with Gasteiger partial charge >= 0.3 is 6.09 Å². The van der Waals surface area contributed by atoms with Crippen LogP contribution in [0.4, 0.5) is 9.18 Å². The van der Waals surface area contributed by atoms with E-state index in [0.29, 0.717) is 24.4 Å². The van der Waals surface area contributed by atoms with Crippen molar-refractivity contribution in [2.24, 2.45) is 0 Å². The summed E-state index contributed by atoms with van der Waals surface area (Å²) in [4.78, 5) is 27.1. The lowest BCUT2D eigenvalue weighted by atomic mass is 10.0. The number of fused-ring (bicyclic) bond motifs is 1. The van der Waals surface area contributed by atoms with Crippen molar-refractivity contribution >= 4 is 16.9 Å². The van der Waals surface area contributed by atoms with Crippen LogP contribution in [0.3, 0.4) is 0 Å². The molecule has 1 aromatic heterocycles. The van der Waals surface area contributed by atoms with Crippen molar-refractivity contribution in [1.82, 2.24) is 9.47 Å². The van der Waals surface area contributed by atoms with Crippen molar-refractivity contribution in [3.05, 3.63) is 46.1 Å². The zero-order valence-electron chi connectivity index (χ0n) is 16.7. The summed E-state index contributed by atoms with van der Waals surface area (Å²) in [6.45, 7) is 6.49. The van der Waals surface area contributed by atoms with Gasteiger partial charge in [0.1, 0.15) is 11.4 Å². The van der Waals surface area contributed by atoms with E-state index in [9.17, 15) is 14.0 Å². The molecular formula is C22H27FN2O3. The number of hydrogen-bond donors (Lipinski definition) is 0. The number of likely N-dealkylation sites (tertiary alicyclic amines) is 1. The van der Waals surface area contributed by atoms with Gasteiger partial charge in [0.15, 0.2) is 0 Å². The van der Waals surface area contributed by atoms with Crippen LogP contribution in [0, 0.1) is 5.82 Å². The molecule has 1 atom stereocenters. The van der Waals surface area contributed by atoms with E-state index in [1.54, 1.807) is 15.7 Å². The molecule has 1 aromatic carbocycles. The van der Waals surface area contributed by atoms with Gasteiger partial charge in [0.25, 0.3) is 5.56 Å². The summed E-state index contributed by atoms with van der Waals surface area (Å²) < 4.78 is 21.8. The summed E-state index contributed by atoms with van der Waals surface area (Å²) in [5, 5.41) is 0.796. The molecule has 150 valence electrons. The summed E-state index contributed by atoms with van der Waals surface area (Å²) in [5.74, 6) is -0.0133. The molecule has 1 saturated carbocycles. The smallest absolute Gasteiger partial charge is 0.410 e. The average molecular weight is 386 g/mol. The van der Waals surface area contributed by atoms with Gasteiger partial charge in [-0.25, -0.2) is 9.18 Å². The standard InChI is InChI=1S/C22H27FN2O3/c1-22(2,3)28-21(27)24-9-4-5-17(13-24)25-10-8-15-11-16(14-6-7-14)12-18(23)19(15)20(25)26/h8,10-12,14,17H,4-7,9,13H2,1-3H3. The molecule has 0 N–H and O–H groups in total. The second kappa shape index (κ2) is 6.90. The van der Waals surface area contributed by atoms with Crippen LogP contribution in [0.1, 0.15) is 64.0 Å². The molecule has 6 heteroatoms. The minimum absolute atomic E-state index is 0.140. The van der Waals surface area contributed by atoms with Crippen LogP contribution in [0.15, 0.2) is 29.2 Å². The number of benzene rings is 1. The molecule has 2 fully saturated rings. The Kier molecular flexibility index (Phi) is 4.68. The molecule has 28 heavy (non-hydrogen) atoms. The Morgan fingerprint density at radius 3 is 2.64 bits per heavy atom. The first-order valence-corrected chi connectivity index (χ1v) is 10.0. The zero-order valence-corrected chi connectivity index (χ0v) is 16.7. The molecule has 0 radical (unpaired) electrons. The van der Waals surface area contributed by atoms with E-state index in [0.717, 1.165) is 31.2 Å². The maximum atomic E-state index is 14.7. The van der Waals surface area contributed by atoms with Gasteiger partial charge in [-0.1, -0.05) is 6.07 Å². The molecular weight excluding hydrogens is 359 g/mol. The number of nitrogens with zero attached hydrogens (tertiary/aromatic N) is 2. The normalized spacial score (nSPS) is 20.4. The summed E-state index contributed by atoms with van der Waals surface area (Å²) in [7, 11) is 0. The van der Waals surface area contributed by atoms with Crippen molar-refractivity contribution in [1.29, 1.82) is 0 Å². The third-order valence-corrected chi connectivity index (χ3v) is 5.50. The zero-order chi connectivity index (χ0) is 20.1. The Morgan fingerprint density at radius 1 is 1.21 bits per heavy atom. The predicted molar refractivity (Wildman–Crippen MR) is 106 cm³/mol. The first-order chi connectivity index (χ1) is 13.2. The number of amides is 1. The number of rotatable bonds is 2. The lowest BCUT2D eigenvalue weighted by Crippen LogP contribution is -2.44. The largest absolute Gasteiger partial charge is 0.444 e. The lowest BCUT2D eigenvalue weighted by Gasteiger charge is -2.35. The fourth-order valence-electron chi connectivity index (χ4n) is 3.98. The third-order valence-electron chi connectivity index (χ3n) is 5.50. The van der Waals surface area contributed by atoms with E-state index in [1.165, 1.54) is 6.07 Å². The quantitative estimate of drug-likeness (QED) is 0.759. The second-order valence-corrected chi connectivity index (χ2v) is 8.99. The van der Waals surface area contributed by atoms with Crippen LogP contribution in [-0.2, 0) is 4.74 Å². The molecule has 2 aliphatic rings. The van der Waals surface area contributed by atoms with Crippen molar-refractivity contribution in [3.8, 4) is 0 Å². The Hall–Kier alpha value is -2.37. The van der Waals surface area contributed by atoms with E-state index < -0.39 is 11.4 Å². The monoisotopic (exact) mass is 386 g/mol. The Balaban J connectivity index is 1.62. The van der Waals surface area contributed by atoms with Gasteiger partial charge in [-0.05, 0) is 75.5 Å². The number of hydrogen-bond acceptors (Lipinski definition) is 3. The van der Waals surface area contributed by atoms with E-state index in [4.69, 9.17) is 4.74 Å². The molecule has 1 unspecified atom stereocenters. The molecule has 5 nitrogen and oxygen atoms in total. The summed E-state index contributed by atoms with van der Waals surface area (Å²) >= 11 is 0. The number of ether oxygens (including phenoxy) is 1. The molecule has 1 aliphatic carbocycles. The number of pyridine rings is 1. The molecule has 0 bridgehead atoms. The highest BCUT2D eigenvalue weighted by Gasteiger charge is 2.30.